The van der Waals surface area contributed by atoms with Gasteiger partial charge in [-0.25, -0.2) is 9.37 Å². The van der Waals surface area contributed by atoms with Gasteiger partial charge in [0.1, 0.15) is 0 Å². The number of aromatic nitrogens is 3. The molecule has 0 radical (unpaired) electrons. The fourth-order valence-corrected chi connectivity index (χ4v) is 3.33. The van der Waals surface area contributed by atoms with Gasteiger partial charge in [-0.05, 0) is 19.1 Å². The zero-order valence-corrected chi connectivity index (χ0v) is 13.3. The first kappa shape index (κ1) is 14.2. The summed E-state index contributed by atoms with van der Waals surface area (Å²) in [6, 6.07) is 3.08. The number of rotatable bonds is 4. The highest BCUT2D eigenvalue weighted by Gasteiger charge is 2.11. The Hall–Kier alpha value is -1.73. The molecule has 0 saturated heterocycles. The minimum atomic E-state index is -0.399. The number of thiazole rings is 1. The molecule has 4 nitrogen and oxygen atoms in total. The van der Waals surface area contributed by atoms with E-state index in [-0.39, 0.29) is 5.75 Å². The largest absolute Gasteiger partial charge is 0.494 e. The molecule has 0 atom stereocenters. The summed E-state index contributed by atoms with van der Waals surface area (Å²) in [7, 11) is 1.45. The van der Waals surface area contributed by atoms with E-state index in [4.69, 9.17) is 17.0 Å². The summed E-state index contributed by atoms with van der Waals surface area (Å²) < 4.78 is 21.3. The van der Waals surface area contributed by atoms with Crippen molar-refractivity contribution in [3.05, 3.63) is 38.8 Å². The van der Waals surface area contributed by atoms with Crippen LogP contribution in [0.2, 0.25) is 0 Å². The number of H-pyrrole nitrogens is 1. The molecule has 110 valence electrons. The number of ether oxygens (including phenoxy) is 1. The van der Waals surface area contributed by atoms with E-state index in [0.29, 0.717) is 16.8 Å². The zero-order chi connectivity index (χ0) is 15.0. The second-order valence-electron chi connectivity index (χ2n) is 4.72. The van der Waals surface area contributed by atoms with Crippen molar-refractivity contribution < 1.29 is 9.13 Å². The van der Waals surface area contributed by atoms with Crippen molar-refractivity contribution in [2.75, 3.05) is 7.11 Å². The lowest BCUT2D eigenvalue weighted by atomic mass is 10.2. The van der Waals surface area contributed by atoms with Crippen LogP contribution in [0.5, 0.6) is 5.75 Å². The number of nitrogens with one attached hydrogen (secondary N) is 1. The lowest BCUT2D eigenvalue weighted by Gasteiger charge is -2.05. The van der Waals surface area contributed by atoms with E-state index in [9.17, 15) is 4.39 Å². The fourth-order valence-electron chi connectivity index (χ4n) is 2.26. The topological polar surface area (TPSA) is 42.8 Å². The molecular formula is C14H14FN3OS2. The number of fused-ring (bicyclic) bond motifs is 1. The third kappa shape index (κ3) is 2.71. The molecule has 1 N–H and O–H groups in total. The smallest absolute Gasteiger partial charge is 0.178 e. The van der Waals surface area contributed by atoms with Gasteiger partial charge in [0, 0.05) is 36.2 Å². The maximum atomic E-state index is 13.7. The van der Waals surface area contributed by atoms with Crippen LogP contribution in [0.25, 0.3) is 11.0 Å². The highest BCUT2D eigenvalue weighted by Crippen LogP contribution is 2.25. The predicted octanol–water partition coefficient (Wildman–Crippen LogP) is 3.85. The van der Waals surface area contributed by atoms with E-state index in [1.807, 2.05) is 16.9 Å². The van der Waals surface area contributed by atoms with Gasteiger partial charge in [0.15, 0.2) is 16.3 Å². The maximum absolute atomic E-state index is 13.7. The van der Waals surface area contributed by atoms with Gasteiger partial charge in [-0.2, -0.15) is 0 Å². The Morgan fingerprint density at radius 2 is 2.29 bits per heavy atom. The fraction of sp³-hybridized carbons (Fsp3) is 0.286. The molecule has 3 aromatic rings. The third-order valence-corrected chi connectivity index (χ3v) is 4.61. The summed E-state index contributed by atoms with van der Waals surface area (Å²) in [5, 5.41) is 3.10. The summed E-state index contributed by atoms with van der Waals surface area (Å²) in [6.07, 6.45) is 0.791. The molecule has 0 aliphatic carbocycles. The molecule has 2 heterocycles. The van der Waals surface area contributed by atoms with Gasteiger partial charge in [0.2, 0.25) is 0 Å². The Morgan fingerprint density at radius 3 is 2.95 bits per heavy atom. The Bertz CT molecular complexity index is 850. The molecular weight excluding hydrogens is 309 g/mol. The van der Waals surface area contributed by atoms with Gasteiger partial charge in [0.05, 0.1) is 23.2 Å². The van der Waals surface area contributed by atoms with Gasteiger partial charge in [-0.3, -0.25) is 0 Å². The predicted molar refractivity (Wildman–Crippen MR) is 84.2 cm³/mol. The van der Waals surface area contributed by atoms with Gasteiger partial charge in [0.25, 0.3) is 0 Å². The molecule has 3 rings (SSSR count). The maximum Gasteiger partial charge on any atom is 0.178 e. The van der Waals surface area contributed by atoms with E-state index in [0.717, 1.165) is 22.6 Å². The minimum absolute atomic E-state index is 0.218. The normalized spacial score (nSPS) is 11.2. The summed E-state index contributed by atoms with van der Waals surface area (Å²) in [5.74, 6) is -0.181. The first-order valence-corrected chi connectivity index (χ1v) is 7.74. The van der Waals surface area contributed by atoms with E-state index < -0.39 is 5.82 Å². The van der Waals surface area contributed by atoms with Gasteiger partial charge < -0.3 is 14.3 Å². The van der Waals surface area contributed by atoms with Crippen molar-refractivity contribution in [3.63, 3.8) is 0 Å². The Balaban J connectivity index is 1.97. The molecule has 0 spiro atoms. The van der Waals surface area contributed by atoms with Crippen LogP contribution in [0.15, 0.2) is 17.5 Å². The summed E-state index contributed by atoms with van der Waals surface area (Å²) in [6.45, 7) is 2.67. The lowest BCUT2D eigenvalue weighted by Crippen LogP contribution is -2.01. The van der Waals surface area contributed by atoms with Gasteiger partial charge in [-0.1, -0.05) is 0 Å². The summed E-state index contributed by atoms with van der Waals surface area (Å²) >= 11 is 6.96. The molecule has 0 aliphatic heterocycles. The number of benzene rings is 1. The van der Waals surface area contributed by atoms with Gasteiger partial charge in [-0.15, -0.1) is 11.3 Å². The van der Waals surface area contributed by atoms with Crippen LogP contribution in [0, 0.1) is 17.5 Å². The second kappa shape index (κ2) is 5.57. The number of imidazole rings is 1. The second-order valence-corrected chi connectivity index (χ2v) is 6.05. The third-order valence-electron chi connectivity index (χ3n) is 3.26. The molecule has 1 aromatic carbocycles. The molecule has 21 heavy (non-hydrogen) atoms. The number of hydrogen-bond acceptors (Lipinski definition) is 4. The Morgan fingerprint density at radius 1 is 1.48 bits per heavy atom. The summed E-state index contributed by atoms with van der Waals surface area (Å²) in [4.78, 5) is 7.47. The van der Waals surface area contributed by atoms with Crippen LogP contribution in [0.3, 0.4) is 0 Å². The van der Waals surface area contributed by atoms with E-state index >= 15 is 0 Å². The number of aryl methyl sites for hydroxylation is 3. The van der Waals surface area contributed by atoms with Crippen LogP contribution in [-0.4, -0.2) is 21.6 Å². The van der Waals surface area contributed by atoms with Crippen molar-refractivity contribution >= 4 is 34.6 Å². The van der Waals surface area contributed by atoms with Crippen molar-refractivity contribution in [1.82, 2.24) is 14.5 Å². The van der Waals surface area contributed by atoms with Crippen molar-refractivity contribution in [1.29, 1.82) is 0 Å². The first-order valence-electron chi connectivity index (χ1n) is 6.45. The number of aromatic amines is 1. The van der Waals surface area contributed by atoms with Crippen LogP contribution >= 0.6 is 23.6 Å². The molecule has 0 amide bonds. The standard InChI is InChI=1S/C14H14FN3OS2/c1-8-7-21-13(16-8)3-4-18-11-6-12(19-2)9(15)5-10(11)17-14(18)20/h5-7H,3-4H2,1-2H3,(H,17,20). The van der Waals surface area contributed by atoms with Crippen LogP contribution in [0.1, 0.15) is 10.7 Å². The Kier molecular flexibility index (Phi) is 3.77. The number of hydrogen-bond donors (Lipinski definition) is 1. The quantitative estimate of drug-likeness (QED) is 0.742. The highest BCUT2D eigenvalue weighted by molar-refractivity contribution is 7.71. The highest BCUT2D eigenvalue weighted by atomic mass is 32.1. The molecule has 0 unspecified atom stereocenters. The van der Waals surface area contributed by atoms with Gasteiger partial charge >= 0.3 is 0 Å². The number of halogens is 1. The Labute approximate surface area is 130 Å². The van der Waals surface area contributed by atoms with E-state index in [1.165, 1.54) is 13.2 Å². The first-order chi connectivity index (χ1) is 10.1. The molecule has 0 saturated carbocycles. The van der Waals surface area contributed by atoms with Crippen LogP contribution in [-0.2, 0) is 13.0 Å². The summed E-state index contributed by atoms with van der Waals surface area (Å²) in [5.41, 5.74) is 2.54. The SMILES string of the molecule is COc1cc2c(cc1F)[nH]c(=S)n2CCc1nc(C)cs1. The molecule has 7 heteroatoms. The molecule has 0 fully saturated rings. The van der Waals surface area contributed by atoms with Crippen LogP contribution < -0.4 is 4.74 Å². The lowest BCUT2D eigenvalue weighted by molar-refractivity contribution is 0.387. The van der Waals surface area contributed by atoms with E-state index in [2.05, 4.69) is 9.97 Å². The number of methoxy groups -OCH3 is 1. The van der Waals surface area contributed by atoms with E-state index in [1.54, 1.807) is 17.4 Å². The molecule has 2 aromatic heterocycles. The average Bonchev–Trinajstić information content (AvgIpc) is 2.98. The number of nitrogens with zero attached hydrogens (tertiary/aromatic N) is 2. The van der Waals surface area contributed by atoms with Crippen molar-refractivity contribution in [3.8, 4) is 5.75 Å². The monoisotopic (exact) mass is 323 g/mol. The van der Waals surface area contributed by atoms with Crippen molar-refractivity contribution in [2.24, 2.45) is 0 Å². The molecule has 0 bridgehead atoms. The minimum Gasteiger partial charge on any atom is -0.494 e. The van der Waals surface area contributed by atoms with Crippen molar-refractivity contribution in [2.45, 2.75) is 19.9 Å². The van der Waals surface area contributed by atoms with Crippen LogP contribution in [0.4, 0.5) is 4.39 Å². The zero-order valence-electron chi connectivity index (χ0n) is 11.6. The molecule has 0 aliphatic rings. The average molecular weight is 323 g/mol.